The van der Waals surface area contributed by atoms with E-state index >= 15 is 0 Å². The number of nitrogens with zero attached hydrogens (tertiary/aromatic N) is 1. The van der Waals surface area contributed by atoms with Crippen LogP contribution in [-0.4, -0.2) is 5.91 Å². The SMILES string of the molecule is CC(C)C(=O)Nc1cc(Br)ccc1C#N. The zero-order valence-corrected chi connectivity index (χ0v) is 10.1. The summed E-state index contributed by atoms with van der Waals surface area (Å²) in [6.07, 6.45) is 0. The van der Waals surface area contributed by atoms with E-state index in [1.807, 2.05) is 6.07 Å². The fourth-order valence-electron chi connectivity index (χ4n) is 0.994. The quantitative estimate of drug-likeness (QED) is 0.895. The van der Waals surface area contributed by atoms with E-state index in [0.29, 0.717) is 11.3 Å². The molecule has 78 valence electrons. The first-order valence-corrected chi connectivity index (χ1v) is 5.34. The summed E-state index contributed by atoms with van der Waals surface area (Å²) in [6.45, 7) is 3.61. The second-order valence-electron chi connectivity index (χ2n) is 3.45. The van der Waals surface area contributed by atoms with Gasteiger partial charge in [0.1, 0.15) is 6.07 Å². The van der Waals surface area contributed by atoms with E-state index in [9.17, 15) is 4.79 Å². The summed E-state index contributed by atoms with van der Waals surface area (Å²) in [5.74, 6) is -0.194. The molecular formula is C11H11BrN2O. The fourth-order valence-corrected chi connectivity index (χ4v) is 1.36. The molecule has 0 spiro atoms. The Kier molecular flexibility index (Phi) is 3.87. The average Bonchev–Trinajstić information content (AvgIpc) is 2.18. The third-order valence-corrected chi connectivity index (χ3v) is 2.38. The number of anilines is 1. The number of carbonyl (C=O) groups excluding carboxylic acids is 1. The Bertz CT molecular complexity index is 421. The van der Waals surface area contributed by atoms with Crippen LogP contribution in [0, 0.1) is 17.2 Å². The van der Waals surface area contributed by atoms with E-state index in [4.69, 9.17) is 5.26 Å². The van der Waals surface area contributed by atoms with Crippen molar-refractivity contribution in [1.29, 1.82) is 5.26 Å². The van der Waals surface area contributed by atoms with Crippen molar-refractivity contribution in [3.05, 3.63) is 28.2 Å². The van der Waals surface area contributed by atoms with E-state index in [0.717, 1.165) is 4.47 Å². The van der Waals surface area contributed by atoms with Gasteiger partial charge in [-0.05, 0) is 18.2 Å². The highest BCUT2D eigenvalue weighted by molar-refractivity contribution is 9.10. The van der Waals surface area contributed by atoms with E-state index in [1.54, 1.807) is 32.0 Å². The number of carbonyl (C=O) groups is 1. The first-order valence-electron chi connectivity index (χ1n) is 4.55. The van der Waals surface area contributed by atoms with Crippen molar-refractivity contribution in [2.24, 2.45) is 5.92 Å². The summed E-state index contributed by atoms with van der Waals surface area (Å²) in [6, 6.07) is 7.19. The first-order chi connectivity index (χ1) is 7.04. The third kappa shape index (κ3) is 3.07. The Hall–Kier alpha value is -1.34. The van der Waals surface area contributed by atoms with Crippen LogP contribution in [0.5, 0.6) is 0 Å². The maximum atomic E-state index is 11.5. The van der Waals surface area contributed by atoms with Crippen molar-refractivity contribution in [2.75, 3.05) is 5.32 Å². The summed E-state index contributed by atoms with van der Waals surface area (Å²) in [5, 5.41) is 11.6. The van der Waals surface area contributed by atoms with Crippen molar-refractivity contribution in [1.82, 2.24) is 0 Å². The van der Waals surface area contributed by atoms with Gasteiger partial charge in [-0.2, -0.15) is 5.26 Å². The van der Waals surface area contributed by atoms with Gasteiger partial charge in [-0.25, -0.2) is 0 Å². The first kappa shape index (κ1) is 11.7. The van der Waals surface area contributed by atoms with Crippen LogP contribution in [0.2, 0.25) is 0 Å². The molecule has 0 aromatic heterocycles. The fraction of sp³-hybridized carbons (Fsp3) is 0.273. The number of rotatable bonds is 2. The maximum Gasteiger partial charge on any atom is 0.226 e. The molecule has 0 aliphatic heterocycles. The van der Waals surface area contributed by atoms with E-state index < -0.39 is 0 Å². The highest BCUT2D eigenvalue weighted by atomic mass is 79.9. The molecule has 0 aliphatic carbocycles. The lowest BCUT2D eigenvalue weighted by Gasteiger charge is -2.09. The number of amides is 1. The zero-order chi connectivity index (χ0) is 11.4. The molecule has 0 fully saturated rings. The summed E-state index contributed by atoms with van der Waals surface area (Å²) < 4.78 is 0.834. The van der Waals surface area contributed by atoms with Gasteiger partial charge in [-0.15, -0.1) is 0 Å². The Balaban J connectivity index is 2.98. The number of nitrogens with one attached hydrogen (secondary N) is 1. The van der Waals surface area contributed by atoms with Crippen molar-refractivity contribution in [3.63, 3.8) is 0 Å². The second-order valence-corrected chi connectivity index (χ2v) is 4.36. The lowest BCUT2D eigenvalue weighted by molar-refractivity contribution is -0.118. The van der Waals surface area contributed by atoms with E-state index in [-0.39, 0.29) is 11.8 Å². The van der Waals surface area contributed by atoms with Crippen LogP contribution in [0.3, 0.4) is 0 Å². The van der Waals surface area contributed by atoms with Gasteiger partial charge in [0.2, 0.25) is 5.91 Å². The van der Waals surface area contributed by atoms with Crippen molar-refractivity contribution in [2.45, 2.75) is 13.8 Å². The van der Waals surface area contributed by atoms with Gasteiger partial charge >= 0.3 is 0 Å². The largest absolute Gasteiger partial charge is 0.325 e. The minimum atomic E-state index is -0.101. The van der Waals surface area contributed by atoms with Gasteiger partial charge in [0.25, 0.3) is 0 Å². The van der Waals surface area contributed by atoms with Gasteiger partial charge in [0.05, 0.1) is 11.3 Å². The van der Waals surface area contributed by atoms with Crippen LogP contribution < -0.4 is 5.32 Å². The van der Waals surface area contributed by atoms with Crippen LogP contribution in [0.25, 0.3) is 0 Å². The van der Waals surface area contributed by atoms with Crippen molar-refractivity contribution in [3.8, 4) is 6.07 Å². The van der Waals surface area contributed by atoms with Gasteiger partial charge in [-0.1, -0.05) is 29.8 Å². The standard InChI is InChI=1S/C11H11BrN2O/c1-7(2)11(15)14-10-5-9(12)4-3-8(10)6-13/h3-5,7H,1-2H3,(H,14,15). The Morgan fingerprint density at radius 2 is 2.20 bits per heavy atom. The van der Waals surface area contributed by atoms with Crippen LogP contribution >= 0.6 is 15.9 Å². The molecule has 0 aliphatic rings. The summed E-state index contributed by atoms with van der Waals surface area (Å²) in [5.41, 5.74) is 1.01. The zero-order valence-electron chi connectivity index (χ0n) is 8.54. The van der Waals surface area contributed by atoms with Gasteiger partial charge in [0, 0.05) is 10.4 Å². The number of halogens is 1. The molecule has 1 rings (SSSR count). The lowest BCUT2D eigenvalue weighted by Crippen LogP contribution is -2.18. The summed E-state index contributed by atoms with van der Waals surface area (Å²) in [4.78, 5) is 11.5. The van der Waals surface area contributed by atoms with Crippen LogP contribution in [-0.2, 0) is 4.79 Å². The predicted octanol–water partition coefficient (Wildman–Crippen LogP) is 2.92. The Labute approximate surface area is 97.2 Å². The number of hydrogen-bond acceptors (Lipinski definition) is 2. The predicted molar refractivity (Wildman–Crippen MR) is 62.3 cm³/mol. The average molecular weight is 267 g/mol. The molecule has 15 heavy (non-hydrogen) atoms. The summed E-state index contributed by atoms with van der Waals surface area (Å²) >= 11 is 3.29. The number of benzene rings is 1. The molecule has 0 atom stereocenters. The van der Waals surface area contributed by atoms with Crippen LogP contribution in [0.15, 0.2) is 22.7 Å². The molecule has 0 saturated heterocycles. The Morgan fingerprint density at radius 1 is 1.53 bits per heavy atom. The molecule has 1 N–H and O–H groups in total. The van der Waals surface area contributed by atoms with Gasteiger partial charge < -0.3 is 5.32 Å². The molecule has 4 heteroatoms. The van der Waals surface area contributed by atoms with Crippen LogP contribution in [0.1, 0.15) is 19.4 Å². The topological polar surface area (TPSA) is 52.9 Å². The molecule has 0 unspecified atom stereocenters. The normalized spacial score (nSPS) is 9.80. The second kappa shape index (κ2) is 4.94. The molecule has 0 bridgehead atoms. The molecule has 3 nitrogen and oxygen atoms in total. The van der Waals surface area contributed by atoms with E-state index in [2.05, 4.69) is 21.2 Å². The van der Waals surface area contributed by atoms with Crippen LogP contribution in [0.4, 0.5) is 5.69 Å². The van der Waals surface area contributed by atoms with Gasteiger partial charge in [-0.3, -0.25) is 4.79 Å². The molecular weight excluding hydrogens is 256 g/mol. The molecule has 0 saturated carbocycles. The van der Waals surface area contributed by atoms with Crippen molar-refractivity contribution < 1.29 is 4.79 Å². The lowest BCUT2D eigenvalue weighted by atomic mass is 10.1. The van der Waals surface area contributed by atoms with Gasteiger partial charge in [0.15, 0.2) is 0 Å². The van der Waals surface area contributed by atoms with Crippen molar-refractivity contribution >= 4 is 27.5 Å². The molecule has 1 aromatic rings. The molecule has 0 radical (unpaired) electrons. The number of nitriles is 1. The van der Waals surface area contributed by atoms with E-state index in [1.165, 1.54) is 0 Å². The third-order valence-electron chi connectivity index (χ3n) is 1.88. The minimum absolute atomic E-state index is 0.0930. The molecule has 1 aromatic carbocycles. The number of hydrogen-bond donors (Lipinski definition) is 1. The highest BCUT2D eigenvalue weighted by Crippen LogP contribution is 2.21. The summed E-state index contributed by atoms with van der Waals surface area (Å²) in [7, 11) is 0. The maximum absolute atomic E-state index is 11.5. The monoisotopic (exact) mass is 266 g/mol. The highest BCUT2D eigenvalue weighted by Gasteiger charge is 2.10. The smallest absolute Gasteiger partial charge is 0.226 e. The molecule has 0 heterocycles. The minimum Gasteiger partial charge on any atom is -0.325 e. The Morgan fingerprint density at radius 3 is 2.73 bits per heavy atom. The molecule has 1 amide bonds.